The predicted molar refractivity (Wildman–Crippen MR) is 76.4 cm³/mol. The van der Waals surface area contributed by atoms with Gasteiger partial charge in [0.1, 0.15) is 0 Å². The molecule has 0 spiro atoms. The van der Waals surface area contributed by atoms with Crippen LogP contribution in [0.15, 0.2) is 10.2 Å². The van der Waals surface area contributed by atoms with E-state index in [4.69, 9.17) is 11.5 Å². The number of carbonyl (C=O) groups excluding carboxylic acids is 1. The molecule has 1 amide bonds. The molecule has 21 heavy (non-hydrogen) atoms. The number of carboxylic acid groups (broad SMARTS) is 1. The lowest BCUT2D eigenvalue weighted by atomic mass is 9.93. The van der Waals surface area contributed by atoms with Crippen molar-refractivity contribution in [1.29, 1.82) is 0 Å². The number of carbonyl (C=O) groups is 2. The molecular formula is C15H21N3O3. The molecule has 1 N–H and O–H groups in total. The average molecular weight is 291 g/mol. The third-order valence-corrected chi connectivity index (χ3v) is 4.22. The molecule has 0 unspecified atom stereocenters. The molecule has 0 atom stereocenters. The normalized spacial score (nSPS) is 20.0. The van der Waals surface area contributed by atoms with Crippen LogP contribution in [0.4, 0.5) is 0 Å². The summed E-state index contributed by atoms with van der Waals surface area (Å²) in [6.07, 6.45) is 9.39. The number of piperidine rings is 1. The molecule has 0 aromatic carbocycles. The Hall–Kier alpha value is -1.90. The monoisotopic (exact) mass is 291 g/mol. The molecule has 114 valence electrons. The Labute approximate surface area is 124 Å². The van der Waals surface area contributed by atoms with Gasteiger partial charge in [0.25, 0.3) is 0 Å². The number of carboxylic acids is 1. The summed E-state index contributed by atoms with van der Waals surface area (Å²) in [7, 11) is 0. The van der Waals surface area contributed by atoms with Crippen LogP contribution in [0.1, 0.15) is 44.9 Å². The lowest BCUT2D eigenvalue weighted by Gasteiger charge is -2.31. The van der Waals surface area contributed by atoms with Crippen LogP contribution in [0, 0.1) is 18.3 Å². The fourth-order valence-electron chi connectivity index (χ4n) is 2.77. The molecular weight excluding hydrogens is 270 g/mol. The summed E-state index contributed by atoms with van der Waals surface area (Å²) in [5, 5.41) is 16.8. The SMILES string of the molecule is C#CCCC1(CCC(=O)N2CCC(CC(=O)O)CC2)N=N1. The van der Waals surface area contributed by atoms with E-state index in [1.807, 2.05) is 4.90 Å². The Morgan fingerprint density at radius 3 is 2.48 bits per heavy atom. The first kappa shape index (κ1) is 15.5. The average Bonchev–Trinajstić information content (AvgIpc) is 3.23. The van der Waals surface area contributed by atoms with E-state index in [1.54, 1.807) is 0 Å². The number of hydrogen-bond acceptors (Lipinski definition) is 4. The van der Waals surface area contributed by atoms with Gasteiger partial charge in [-0.25, -0.2) is 0 Å². The van der Waals surface area contributed by atoms with Gasteiger partial charge in [-0.2, -0.15) is 10.2 Å². The molecule has 0 aliphatic carbocycles. The van der Waals surface area contributed by atoms with Crippen LogP contribution in [0.25, 0.3) is 0 Å². The molecule has 1 fully saturated rings. The summed E-state index contributed by atoms with van der Waals surface area (Å²) >= 11 is 0. The van der Waals surface area contributed by atoms with Gasteiger partial charge in [-0.05, 0) is 18.8 Å². The van der Waals surface area contributed by atoms with Crippen molar-refractivity contribution in [3.63, 3.8) is 0 Å². The molecule has 6 nitrogen and oxygen atoms in total. The lowest BCUT2D eigenvalue weighted by Crippen LogP contribution is -2.39. The van der Waals surface area contributed by atoms with Gasteiger partial charge >= 0.3 is 5.97 Å². The van der Waals surface area contributed by atoms with E-state index in [9.17, 15) is 9.59 Å². The fraction of sp³-hybridized carbons (Fsp3) is 0.733. The quantitative estimate of drug-likeness (QED) is 0.729. The van der Waals surface area contributed by atoms with E-state index in [2.05, 4.69) is 16.1 Å². The minimum Gasteiger partial charge on any atom is -0.481 e. The number of hydrogen-bond donors (Lipinski definition) is 1. The van der Waals surface area contributed by atoms with Crippen LogP contribution in [-0.2, 0) is 9.59 Å². The summed E-state index contributed by atoms with van der Waals surface area (Å²) in [5.41, 5.74) is -0.399. The second kappa shape index (κ2) is 6.70. The predicted octanol–water partition coefficient (Wildman–Crippen LogP) is 2.06. The first-order chi connectivity index (χ1) is 10.0. The summed E-state index contributed by atoms with van der Waals surface area (Å²) in [6, 6.07) is 0. The van der Waals surface area contributed by atoms with E-state index < -0.39 is 11.6 Å². The maximum Gasteiger partial charge on any atom is 0.303 e. The van der Waals surface area contributed by atoms with Crippen molar-refractivity contribution in [3.8, 4) is 12.3 Å². The zero-order valence-electron chi connectivity index (χ0n) is 12.1. The topological polar surface area (TPSA) is 82.3 Å². The first-order valence-electron chi connectivity index (χ1n) is 7.42. The second-order valence-electron chi connectivity index (χ2n) is 5.81. The summed E-state index contributed by atoms with van der Waals surface area (Å²) in [6.45, 7) is 1.31. The Kier molecular flexibility index (Phi) is 4.94. The second-order valence-corrected chi connectivity index (χ2v) is 5.81. The van der Waals surface area contributed by atoms with Crippen molar-refractivity contribution in [2.45, 2.75) is 50.6 Å². The van der Waals surface area contributed by atoms with E-state index in [-0.39, 0.29) is 18.2 Å². The van der Waals surface area contributed by atoms with E-state index in [0.717, 1.165) is 19.3 Å². The number of aliphatic carboxylic acids is 1. The minimum absolute atomic E-state index is 0.112. The Morgan fingerprint density at radius 1 is 1.29 bits per heavy atom. The highest BCUT2D eigenvalue weighted by Crippen LogP contribution is 2.37. The fourth-order valence-corrected chi connectivity index (χ4v) is 2.77. The number of nitrogens with zero attached hydrogens (tertiary/aromatic N) is 3. The van der Waals surface area contributed by atoms with Crippen molar-refractivity contribution in [3.05, 3.63) is 0 Å². The van der Waals surface area contributed by atoms with Crippen molar-refractivity contribution >= 4 is 11.9 Å². The highest BCUT2D eigenvalue weighted by atomic mass is 16.4. The van der Waals surface area contributed by atoms with Gasteiger partial charge in [-0.1, -0.05) is 0 Å². The largest absolute Gasteiger partial charge is 0.481 e. The molecule has 6 heteroatoms. The number of rotatable bonds is 7. The lowest BCUT2D eigenvalue weighted by molar-refractivity contribution is -0.138. The molecule has 0 aromatic rings. The summed E-state index contributed by atoms with van der Waals surface area (Å²) < 4.78 is 0. The molecule has 1 saturated heterocycles. The molecule has 0 radical (unpaired) electrons. The van der Waals surface area contributed by atoms with Crippen LogP contribution < -0.4 is 0 Å². The van der Waals surface area contributed by atoms with Crippen molar-refractivity contribution in [1.82, 2.24) is 4.90 Å². The number of likely N-dealkylation sites (tertiary alicyclic amines) is 1. The van der Waals surface area contributed by atoms with Crippen LogP contribution in [0.3, 0.4) is 0 Å². The smallest absolute Gasteiger partial charge is 0.303 e. The van der Waals surface area contributed by atoms with E-state index in [1.165, 1.54) is 0 Å². The van der Waals surface area contributed by atoms with Crippen molar-refractivity contribution in [2.75, 3.05) is 13.1 Å². The minimum atomic E-state index is -0.757. The van der Waals surface area contributed by atoms with Gasteiger partial charge < -0.3 is 10.0 Å². The van der Waals surface area contributed by atoms with E-state index in [0.29, 0.717) is 32.4 Å². The number of amides is 1. The van der Waals surface area contributed by atoms with Gasteiger partial charge in [-0.15, -0.1) is 12.3 Å². The number of terminal acetylenes is 1. The van der Waals surface area contributed by atoms with Crippen LogP contribution in [0.5, 0.6) is 0 Å². The Morgan fingerprint density at radius 2 is 1.95 bits per heavy atom. The first-order valence-corrected chi connectivity index (χ1v) is 7.42. The zero-order chi connectivity index (χ0) is 15.3. The maximum absolute atomic E-state index is 12.2. The molecule has 0 bridgehead atoms. The Bertz CT molecular complexity index is 467. The molecule has 0 saturated carbocycles. The van der Waals surface area contributed by atoms with Gasteiger partial charge in [0, 0.05) is 45.2 Å². The highest BCUT2D eigenvalue weighted by molar-refractivity contribution is 5.76. The third kappa shape index (κ3) is 4.55. The molecule has 2 aliphatic heterocycles. The van der Waals surface area contributed by atoms with Gasteiger partial charge in [0.05, 0.1) is 0 Å². The third-order valence-electron chi connectivity index (χ3n) is 4.22. The van der Waals surface area contributed by atoms with Crippen molar-refractivity contribution < 1.29 is 14.7 Å². The highest BCUT2D eigenvalue weighted by Gasteiger charge is 2.39. The molecule has 2 heterocycles. The summed E-state index contributed by atoms with van der Waals surface area (Å²) in [5.74, 6) is 2.12. The Balaban J connectivity index is 1.68. The van der Waals surface area contributed by atoms with Gasteiger partial charge in [0.2, 0.25) is 5.91 Å². The summed E-state index contributed by atoms with van der Waals surface area (Å²) in [4.78, 5) is 24.7. The van der Waals surface area contributed by atoms with Crippen LogP contribution in [0.2, 0.25) is 0 Å². The molecule has 2 aliphatic rings. The molecule has 2 rings (SSSR count). The van der Waals surface area contributed by atoms with Crippen LogP contribution >= 0.6 is 0 Å². The van der Waals surface area contributed by atoms with Gasteiger partial charge in [-0.3, -0.25) is 9.59 Å². The maximum atomic E-state index is 12.2. The molecule has 0 aromatic heterocycles. The van der Waals surface area contributed by atoms with E-state index >= 15 is 0 Å². The van der Waals surface area contributed by atoms with Crippen LogP contribution in [-0.4, -0.2) is 40.6 Å². The van der Waals surface area contributed by atoms with Crippen molar-refractivity contribution in [2.24, 2.45) is 16.1 Å². The standard InChI is InChI=1S/C15H21N3O3/c1-2-3-7-15(16-17-15)8-4-13(19)18-9-5-12(6-10-18)11-14(20)21/h1,12H,3-11H2,(H,20,21). The van der Waals surface area contributed by atoms with Gasteiger partial charge in [0.15, 0.2) is 5.66 Å². The zero-order valence-corrected chi connectivity index (χ0v) is 12.1.